The van der Waals surface area contributed by atoms with Crippen molar-refractivity contribution in [2.45, 2.75) is 6.54 Å². The fraction of sp³-hybridized carbons (Fsp3) is 0.158. The summed E-state index contributed by atoms with van der Waals surface area (Å²) in [5.41, 5.74) is 2.10. The molecule has 3 aromatic rings. The van der Waals surface area contributed by atoms with Gasteiger partial charge in [0.25, 0.3) is 5.91 Å². The van der Waals surface area contributed by atoms with Gasteiger partial charge in [0.1, 0.15) is 10.0 Å². The molecule has 2 aromatic heterocycles. The Labute approximate surface area is 160 Å². The monoisotopic (exact) mass is 382 g/mol. The zero-order valence-electron chi connectivity index (χ0n) is 14.8. The molecule has 0 unspecified atom stereocenters. The number of carbonyl (C=O) groups excluding carboxylic acids is 1. The minimum Gasteiger partial charge on any atom is -0.476 e. The molecular formula is C19H18N4O3S. The number of benzene rings is 1. The molecule has 2 heterocycles. The summed E-state index contributed by atoms with van der Waals surface area (Å²) in [6.45, 7) is 0.773. The van der Waals surface area contributed by atoms with E-state index >= 15 is 0 Å². The van der Waals surface area contributed by atoms with Gasteiger partial charge in [-0.1, -0.05) is 23.5 Å². The van der Waals surface area contributed by atoms with Crippen molar-refractivity contribution in [3.63, 3.8) is 0 Å². The van der Waals surface area contributed by atoms with Gasteiger partial charge in [-0.25, -0.2) is 9.78 Å². The minimum atomic E-state index is -1.19. The molecule has 1 amide bonds. The summed E-state index contributed by atoms with van der Waals surface area (Å²) < 4.78 is 0. The third kappa shape index (κ3) is 4.55. The molecule has 138 valence electrons. The number of carboxylic acid groups (broad SMARTS) is 1. The van der Waals surface area contributed by atoms with Crippen LogP contribution in [0.1, 0.15) is 26.4 Å². The first-order chi connectivity index (χ1) is 12.9. The van der Waals surface area contributed by atoms with Crippen molar-refractivity contribution in [2.75, 3.05) is 19.4 Å². The topological polar surface area (TPSA) is 95.4 Å². The average Bonchev–Trinajstić information content (AvgIpc) is 3.06. The Kier molecular flexibility index (Phi) is 5.58. The Hall–Kier alpha value is -3.10. The Morgan fingerprint density at radius 3 is 2.37 bits per heavy atom. The maximum Gasteiger partial charge on any atom is 0.357 e. The lowest BCUT2D eigenvalue weighted by molar-refractivity contribution is 0.0692. The van der Waals surface area contributed by atoms with Crippen molar-refractivity contribution in [1.82, 2.24) is 14.9 Å². The second-order valence-electron chi connectivity index (χ2n) is 6.13. The van der Waals surface area contributed by atoms with Gasteiger partial charge >= 0.3 is 5.97 Å². The number of nitrogens with one attached hydrogen (secondary N) is 1. The van der Waals surface area contributed by atoms with Crippen molar-refractivity contribution in [2.24, 2.45) is 0 Å². The van der Waals surface area contributed by atoms with E-state index in [0.717, 1.165) is 29.0 Å². The van der Waals surface area contributed by atoms with Crippen LogP contribution < -0.4 is 5.32 Å². The molecule has 8 heteroatoms. The highest BCUT2D eigenvalue weighted by molar-refractivity contribution is 7.19. The first-order valence-electron chi connectivity index (χ1n) is 8.13. The van der Waals surface area contributed by atoms with Crippen LogP contribution in [0.3, 0.4) is 0 Å². The van der Waals surface area contributed by atoms with Gasteiger partial charge in [-0.2, -0.15) is 0 Å². The molecule has 0 aliphatic heterocycles. The standard InChI is InChI=1S/C19H18N4O3S/c1-23(2)11-12-3-5-13(6-4-12)16(24)22-18-15(19(25)26)21-17(27-18)14-7-9-20-10-8-14/h3-10H,11H2,1-2H3,(H,22,24)(H,25,26). The highest BCUT2D eigenvalue weighted by Crippen LogP contribution is 2.32. The van der Waals surface area contributed by atoms with Crippen LogP contribution in [-0.2, 0) is 6.54 Å². The second kappa shape index (κ2) is 8.07. The Balaban J connectivity index is 1.83. The van der Waals surface area contributed by atoms with Gasteiger partial charge in [-0.15, -0.1) is 0 Å². The van der Waals surface area contributed by atoms with E-state index in [2.05, 4.69) is 15.3 Å². The molecule has 27 heavy (non-hydrogen) atoms. The van der Waals surface area contributed by atoms with E-state index in [-0.39, 0.29) is 16.6 Å². The minimum absolute atomic E-state index is 0.176. The molecule has 0 saturated carbocycles. The lowest BCUT2D eigenvalue weighted by atomic mass is 10.1. The van der Waals surface area contributed by atoms with E-state index in [9.17, 15) is 14.7 Å². The summed E-state index contributed by atoms with van der Waals surface area (Å²) in [4.78, 5) is 34.1. The zero-order chi connectivity index (χ0) is 19.4. The molecule has 0 bridgehead atoms. The first-order valence-corrected chi connectivity index (χ1v) is 8.95. The van der Waals surface area contributed by atoms with Crippen LogP contribution in [0.15, 0.2) is 48.8 Å². The number of anilines is 1. The van der Waals surface area contributed by atoms with E-state index in [1.807, 2.05) is 31.1 Å². The van der Waals surface area contributed by atoms with Gasteiger partial charge in [0.05, 0.1) is 0 Å². The van der Waals surface area contributed by atoms with Crippen molar-refractivity contribution >= 4 is 28.2 Å². The second-order valence-corrected chi connectivity index (χ2v) is 7.13. The number of nitrogens with zero attached hydrogens (tertiary/aromatic N) is 3. The molecule has 0 spiro atoms. The maximum atomic E-state index is 12.5. The van der Waals surface area contributed by atoms with E-state index in [1.165, 1.54) is 0 Å². The number of rotatable bonds is 6. The van der Waals surface area contributed by atoms with Crippen LogP contribution in [-0.4, -0.2) is 45.9 Å². The summed E-state index contributed by atoms with van der Waals surface area (Å²) in [7, 11) is 3.94. The number of amides is 1. The number of thiazole rings is 1. The van der Waals surface area contributed by atoms with Crippen LogP contribution in [0, 0.1) is 0 Å². The molecule has 0 radical (unpaired) electrons. The normalized spacial score (nSPS) is 10.8. The number of aromatic carboxylic acids is 1. The first kappa shape index (κ1) is 18.7. The van der Waals surface area contributed by atoms with Crippen molar-refractivity contribution in [3.05, 3.63) is 65.6 Å². The van der Waals surface area contributed by atoms with E-state index in [4.69, 9.17) is 0 Å². The van der Waals surface area contributed by atoms with Gasteiger partial charge in [0.15, 0.2) is 5.69 Å². The lowest BCUT2D eigenvalue weighted by Crippen LogP contribution is -2.14. The van der Waals surface area contributed by atoms with Crippen LogP contribution in [0.4, 0.5) is 5.00 Å². The predicted octanol–water partition coefficient (Wildman–Crippen LogP) is 3.22. The van der Waals surface area contributed by atoms with Crippen LogP contribution in [0.25, 0.3) is 10.6 Å². The highest BCUT2D eigenvalue weighted by Gasteiger charge is 2.20. The lowest BCUT2D eigenvalue weighted by Gasteiger charge is -2.10. The Morgan fingerprint density at radius 1 is 1.11 bits per heavy atom. The predicted molar refractivity (Wildman–Crippen MR) is 104 cm³/mol. The number of carbonyl (C=O) groups is 2. The van der Waals surface area contributed by atoms with Crippen molar-refractivity contribution < 1.29 is 14.7 Å². The fourth-order valence-electron chi connectivity index (χ4n) is 2.47. The number of carboxylic acids is 1. The molecule has 0 aliphatic rings. The molecule has 0 fully saturated rings. The number of aromatic nitrogens is 2. The fourth-order valence-corrected chi connectivity index (χ4v) is 3.43. The SMILES string of the molecule is CN(C)Cc1ccc(C(=O)Nc2sc(-c3ccncc3)nc2C(=O)O)cc1. The molecule has 3 rings (SSSR count). The molecular weight excluding hydrogens is 364 g/mol. The largest absolute Gasteiger partial charge is 0.476 e. The molecule has 1 aromatic carbocycles. The zero-order valence-corrected chi connectivity index (χ0v) is 15.7. The summed E-state index contributed by atoms with van der Waals surface area (Å²) in [6.07, 6.45) is 3.20. The Morgan fingerprint density at radius 2 is 1.78 bits per heavy atom. The van der Waals surface area contributed by atoms with Crippen LogP contribution in [0.2, 0.25) is 0 Å². The average molecular weight is 382 g/mol. The quantitative estimate of drug-likeness (QED) is 0.680. The molecule has 0 aliphatic carbocycles. The van der Waals surface area contributed by atoms with Crippen LogP contribution >= 0.6 is 11.3 Å². The van der Waals surface area contributed by atoms with Gasteiger partial charge in [0, 0.05) is 30.1 Å². The van der Waals surface area contributed by atoms with Gasteiger partial charge in [0.2, 0.25) is 0 Å². The number of hydrogen-bond acceptors (Lipinski definition) is 6. The van der Waals surface area contributed by atoms with E-state index in [1.54, 1.807) is 36.7 Å². The van der Waals surface area contributed by atoms with Gasteiger partial charge < -0.3 is 15.3 Å². The van der Waals surface area contributed by atoms with E-state index < -0.39 is 5.97 Å². The maximum absolute atomic E-state index is 12.5. The Bertz CT molecular complexity index is 953. The third-order valence-corrected chi connectivity index (χ3v) is 4.72. The van der Waals surface area contributed by atoms with Gasteiger partial charge in [-0.05, 0) is 43.9 Å². The summed E-state index contributed by atoms with van der Waals surface area (Å²) in [5.74, 6) is -1.57. The number of pyridine rings is 1. The van der Waals surface area contributed by atoms with Gasteiger partial charge in [-0.3, -0.25) is 9.78 Å². The third-order valence-electron chi connectivity index (χ3n) is 3.70. The van der Waals surface area contributed by atoms with Crippen molar-refractivity contribution in [1.29, 1.82) is 0 Å². The number of hydrogen-bond donors (Lipinski definition) is 2. The van der Waals surface area contributed by atoms with E-state index in [0.29, 0.717) is 10.6 Å². The van der Waals surface area contributed by atoms with Crippen molar-refractivity contribution in [3.8, 4) is 10.6 Å². The molecule has 7 nitrogen and oxygen atoms in total. The molecule has 0 saturated heterocycles. The summed E-state index contributed by atoms with van der Waals surface area (Å²) in [5, 5.41) is 12.8. The highest BCUT2D eigenvalue weighted by atomic mass is 32.1. The summed E-state index contributed by atoms with van der Waals surface area (Å²) in [6, 6.07) is 10.7. The summed E-state index contributed by atoms with van der Waals surface area (Å²) >= 11 is 1.12. The molecule has 0 atom stereocenters. The smallest absolute Gasteiger partial charge is 0.357 e. The molecule has 2 N–H and O–H groups in total. The van der Waals surface area contributed by atoms with Crippen LogP contribution in [0.5, 0.6) is 0 Å².